The standard InChI is InChI=1S/C6H12S5/c1-5(2)6(11-7)9-4-10-8-3/h5-7H,1-3H3. The average Bonchev–Trinajstić information content (AvgIpc) is 1.97. The molecule has 0 heterocycles. The third kappa shape index (κ3) is 6.55. The second-order valence-corrected chi connectivity index (χ2v) is 7.23. The number of thioether (sulfide) groups is 1. The smallest absolute Gasteiger partial charge is 0.0751 e. The highest BCUT2D eigenvalue weighted by Gasteiger charge is 2.10. The van der Waals surface area contributed by atoms with Gasteiger partial charge in [-0.1, -0.05) is 57.4 Å². The molecule has 0 N–H and O–H groups in total. The fraction of sp³-hybridized carbons (Fsp3) is 0.833. The van der Waals surface area contributed by atoms with Gasteiger partial charge in [-0.25, -0.2) is 0 Å². The number of hydrogen-bond donors (Lipinski definition) is 1. The van der Waals surface area contributed by atoms with E-state index in [1.165, 1.54) is 0 Å². The largest absolute Gasteiger partial charge is 0.110 e. The van der Waals surface area contributed by atoms with Gasteiger partial charge in [0, 0.05) is 0 Å². The van der Waals surface area contributed by atoms with E-state index < -0.39 is 0 Å². The van der Waals surface area contributed by atoms with Crippen LogP contribution in [0.15, 0.2) is 0 Å². The van der Waals surface area contributed by atoms with Crippen molar-refractivity contribution < 1.29 is 0 Å². The Kier molecular flexibility index (Phi) is 9.04. The zero-order valence-electron chi connectivity index (χ0n) is 6.73. The molecule has 11 heavy (non-hydrogen) atoms. The van der Waals surface area contributed by atoms with Gasteiger partial charge in [0.15, 0.2) is 0 Å². The molecule has 1 unspecified atom stereocenters. The van der Waals surface area contributed by atoms with Crippen molar-refractivity contribution in [3.05, 3.63) is 0 Å². The van der Waals surface area contributed by atoms with E-state index in [0.29, 0.717) is 10.5 Å². The second-order valence-electron chi connectivity index (χ2n) is 2.17. The van der Waals surface area contributed by atoms with Crippen molar-refractivity contribution in [2.45, 2.75) is 18.4 Å². The van der Waals surface area contributed by atoms with E-state index in [1.54, 1.807) is 43.6 Å². The van der Waals surface area contributed by atoms with E-state index in [4.69, 9.17) is 0 Å². The monoisotopic (exact) mass is 244 g/mol. The van der Waals surface area contributed by atoms with E-state index in [9.17, 15) is 0 Å². The summed E-state index contributed by atoms with van der Waals surface area (Å²) in [5.74, 6) is 0.650. The van der Waals surface area contributed by atoms with Crippen molar-refractivity contribution in [3.63, 3.8) is 0 Å². The molecule has 0 bridgehead atoms. The molecule has 1 atom stereocenters. The van der Waals surface area contributed by atoms with Gasteiger partial charge in [0.05, 0.1) is 4.58 Å². The number of rotatable bonds is 3. The summed E-state index contributed by atoms with van der Waals surface area (Å²) in [6.45, 7) is 4.40. The van der Waals surface area contributed by atoms with Gasteiger partial charge in [-0.15, -0.1) is 11.7 Å². The zero-order valence-corrected chi connectivity index (χ0v) is 10.9. The molecular formula is C6H12S5. The first-order valence-corrected chi connectivity index (χ1v) is 8.49. The lowest BCUT2D eigenvalue weighted by Crippen LogP contribution is -2.02. The fourth-order valence-corrected chi connectivity index (χ4v) is 4.31. The maximum absolute atomic E-state index is 4.20. The average molecular weight is 244 g/mol. The minimum Gasteiger partial charge on any atom is -0.110 e. The van der Waals surface area contributed by atoms with E-state index in [1.807, 2.05) is 0 Å². The lowest BCUT2D eigenvalue weighted by atomic mass is 10.3. The molecule has 0 aromatic carbocycles. The molecule has 66 valence electrons. The molecule has 0 aliphatic heterocycles. The van der Waals surface area contributed by atoms with Gasteiger partial charge in [-0.3, -0.25) is 0 Å². The van der Waals surface area contributed by atoms with Gasteiger partial charge in [0.2, 0.25) is 0 Å². The van der Waals surface area contributed by atoms with Crippen LogP contribution >= 0.6 is 55.2 Å². The Labute approximate surface area is 89.9 Å². The Morgan fingerprint density at radius 1 is 1.36 bits per heavy atom. The lowest BCUT2D eigenvalue weighted by Gasteiger charge is -2.12. The molecule has 0 nitrogen and oxygen atoms in total. The van der Waals surface area contributed by atoms with Gasteiger partial charge in [0.25, 0.3) is 0 Å². The van der Waals surface area contributed by atoms with Crippen LogP contribution in [-0.4, -0.2) is 10.8 Å². The minimum absolute atomic E-state index is 0.526. The highest BCUT2D eigenvalue weighted by Crippen LogP contribution is 2.32. The molecule has 0 aromatic heterocycles. The Morgan fingerprint density at radius 2 is 2.00 bits per heavy atom. The summed E-state index contributed by atoms with van der Waals surface area (Å²) >= 11 is 5.93. The fourth-order valence-electron chi connectivity index (χ4n) is 0.380. The molecule has 0 aliphatic rings. The van der Waals surface area contributed by atoms with Crippen molar-refractivity contribution in [1.29, 1.82) is 0 Å². The minimum atomic E-state index is 0.526. The van der Waals surface area contributed by atoms with E-state index >= 15 is 0 Å². The Morgan fingerprint density at radius 3 is 2.36 bits per heavy atom. The predicted octanol–water partition coefficient (Wildman–Crippen LogP) is 4.21. The van der Waals surface area contributed by atoms with Crippen LogP contribution in [0.5, 0.6) is 0 Å². The Balaban J connectivity index is 3.69. The van der Waals surface area contributed by atoms with Crippen LogP contribution in [0.4, 0.5) is 0 Å². The van der Waals surface area contributed by atoms with Crippen molar-refractivity contribution in [2.75, 3.05) is 6.26 Å². The summed E-state index contributed by atoms with van der Waals surface area (Å²) in [6.07, 6.45) is 2.05. The van der Waals surface area contributed by atoms with Crippen LogP contribution in [0, 0.1) is 10.4 Å². The first-order chi connectivity index (χ1) is 5.22. The topological polar surface area (TPSA) is 0 Å². The summed E-state index contributed by atoms with van der Waals surface area (Å²) in [4.78, 5) is 0. The highest BCUT2D eigenvalue weighted by atomic mass is 33.1. The summed E-state index contributed by atoms with van der Waals surface area (Å²) < 4.78 is 3.72. The van der Waals surface area contributed by atoms with Crippen molar-refractivity contribution >= 4 is 55.2 Å². The molecule has 5 heteroatoms. The SMILES string of the molecule is CSS#CSC(SS)C(C)C. The van der Waals surface area contributed by atoms with Gasteiger partial charge in [0.1, 0.15) is 0 Å². The first kappa shape index (κ1) is 12.4. The van der Waals surface area contributed by atoms with Crippen LogP contribution < -0.4 is 0 Å². The second kappa shape index (κ2) is 8.02. The van der Waals surface area contributed by atoms with Crippen molar-refractivity contribution in [2.24, 2.45) is 5.92 Å². The predicted molar refractivity (Wildman–Crippen MR) is 67.8 cm³/mol. The molecule has 0 radical (unpaired) electrons. The molecule has 0 saturated heterocycles. The van der Waals surface area contributed by atoms with Crippen LogP contribution in [0.1, 0.15) is 13.8 Å². The number of hydrogen-bond acceptors (Lipinski definition) is 4. The zero-order chi connectivity index (χ0) is 8.69. The molecule has 0 spiro atoms. The molecule has 0 rings (SSSR count). The quantitative estimate of drug-likeness (QED) is 0.449. The maximum Gasteiger partial charge on any atom is 0.0751 e. The number of thiol groups is 1. The van der Waals surface area contributed by atoms with Crippen LogP contribution in [0.3, 0.4) is 0 Å². The lowest BCUT2D eigenvalue weighted by molar-refractivity contribution is 0.724. The third-order valence-corrected chi connectivity index (χ3v) is 6.08. The summed E-state index contributed by atoms with van der Waals surface area (Å²) in [6, 6.07) is 0. The van der Waals surface area contributed by atoms with Gasteiger partial charge in [-0.05, 0) is 16.7 Å². The summed E-state index contributed by atoms with van der Waals surface area (Å²) in [5.41, 5.74) is 0. The normalized spacial score (nSPS) is 12.8. The molecule has 0 fully saturated rings. The Bertz CT molecular complexity index is 145. The van der Waals surface area contributed by atoms with Crippen LogP contribution in [-0.2, 0) is 0 Å². The van der Waals surface area contributed by atoms with E-state index in [-0.39, 0.29) is 0 Å². The van der Waals surface area contributed by atoms with Crippen LogP contribution in [0.2, 0.25) is 0 Å². The van der Waals surface area contributed by atoms with Gasteiger partial charge < -0.3 is 0 Å². The van der Waals surface area contributed by atoms with E-state index in [2.05, 4.69) is 36.3 Å². The third-order valence-electron chi connectivity index (χ3n) is 0.930. The van der Waals surface area contributed by atoms with Crippen molar-refractivity contribution in [1.82, 2.24) is 0 Å². The molecule has 0 aliphatic carbocycles. The molecule has 0 aromatic rings. The van der Waals surface area contributed by atoms with Crippen molar-refractivity contribution in [3.8, 4) is 4.52 Å². The highest BCUT2D eigenvalue weighted by molar-refractivity contribution is 8.73. The molecule has 0 amide bonds. The summed E-state index contributed by atoms with van der Waals surface area (Å²) in [5, 5.41) is 0. The molecule has 0 saturated carbocycles. The maximum atomic E-state index is 4.20. The van der Waals surface area contributed by atoms with Gasteiger partial charge in [-0.2, -0.15) is 0 Å². The van der Waals surface area contributed by atoms with Crippen LogP contribution in [0.25, 0.3) is 0 Å². The van der Waals surface area contributed by atoms with E-state index in [0.717, 1.165) is 0 Å². The Hall–Kier alpha value is 1.40. The first-order valence-electron chi connectivity index (χ1n) is 3.13. The summed E-state index contributed by atoms with van der Waals surface area (Å²) in [7, 11) is 4.97. The van der Waals surface area contributed by atoms with Gasteiger partial charge >= 0.3 is 0 Å². The molecular weight excluding hydrogens is 232 g/mol.